The normalized spacial score (nSPS) is 16.2. The van der Waals surface area contributed by atoms with E-state index in [0.29, 0.717) is 43.2 Å². The van der Waals surface area contributed by atoms with E-state index < -0.39 is 17.8 Å². The van der Waals surface area contributed by atoms with Crippen molar-refractivity contribution in [2.24, 2.45) is 5.11 Å². The molecule has 4 aromatic carbocycles. The highest BCUT2D eigenvalue weighted by molar-refractivity contribution is 6.03. The first-order chi connectivity index (χ1) is 33.7. The van der Waals surface area contributed by atoms with E-state index in [0.717, 1.165) is 42.5 Å². The number of unbranched alkanes of at least 4 members (excludes halogenated alkanes) is 2. The largest absolute Gasteiger partial charge is 1.00 e. The van der Waals surface area contributed by atoms with E-state index in [1.807, 2.05) is 48.5 Å². The van der Waals surface area contributed by atoms with Gasteiger partial charge in [-0.1, -0.05) is 110 Å². The molecule has 4 amide bonds. The van der Waals surface area contributed by atoms with Gasteiger partial charge < -0.3 is 32.4 Å². The van der Waals surface area contributed by atoms with Crippen LogP contribution in [0.1, 0.15) is 113 Å². The van der Waals surface area contributed by atoms with Gasteiger partial charge >= 0.3 is 5.97 Å². The highest BCUT2D eigenvalue weighted by Crippen LogP contribution is 2.48. The van der Waals surface area contributed by atoms with Crippen LogP contribution in [0.5, 0.6) is 0 Å². The smallest absolute Gasteiger partial charge is 0.333 e. The summed E-state index contributed by atoms with van der Waals surface area (Å²) in [6.45, 7) is 11.4. The molecule has 71 heavy (non-hydrogen) atoms. The standard InChI is InChI=1S/C33H42N6O.C23H18N2O5.ClH/c1-32(2)25-15-8-10-17-27(25)38(5)29(32)19-13-20-30-33(3,4)26-16-9-11-18-28(26)39(30)24-12-6-7-21-31(40)35-22-14-23-36-37-34;26-20(13-14-23(29)30-25-21(27)11-12-22(25)28)24-15-18-7-2-1-5-16(18)9-10-17-6-3-4-8-19(17)24;/h8-11,13,15-20H,6-7,12,14,21-24H2,1-5H3;1-8H,11-15H2;1H. The maximum Gasteiger partial charge on any atom is 0.333 e. The van der Waals surface area contributed by atoms with Gasteiger partial charge in [0.2, 0.25) is 17.5 Å². The summed E-state index contributed by atoms with van der Waals surface area (Å²) in [5, 5.41) is 6.90. The van der Waals surface area contributed by atoms with Gasteiger partial charge in [-0.2, -0.15) is 4.58 Å². The second kappa shape index (κ2) is 23.9. The van der Waals surface area contributed by atoms with Crippen molar-refractivity contribution in [3.8, 4) is 11.8 Å². The number of carbonyl (C=O) groups excluding carboxylic acids is 5. The van der Waals surface area contributed by atoms with Gasteiger partial charge in [0.25, 0.3) is 11.8 Å². The van der Waals surface area contributed by atoms with Crippen molar-refractivity contribution in [1.82, 2.24) is 10.4 Å². The van der Waals surface area contributed by atoms with E-state index in [-0.39, 0.29) is 60.7 Å². The number of hydroxylamine groups is 2. The Bertz CT molecular complexity index is 2870. The molecule has 1 fully saturated rings. The zero-order valence-electron chi connectivity index (χ0n) is 41.1. The number of allylic oxidation sites excluding steroid dienone is 4. The van der Waals surface area contributed by atoms with Gasteiger partial charge in [-0.25, -0.2) is 4.79 Å². The quantitative estimate of drug-likeness (QED) is 0.0250. The lowest BCUT2D eigenvalue weighted by Crippen LogP contribution is -3.00. The SMILES string of the molecule is C[N+]1=C(C=CC=C2N(CCCCCC(=O)NCCCN=[N+]=[N-])c3ccccc3C2(C)C)C(C)(C)c2ccccc21.O=C(CCC(=O)N1Cc2ccccc2C#Cc2ccccc21)ON1C(=O)CCC1=O.[Cl-]. The average molecular weight is 978 g/mol. The molecule has 8 rings (SSSR count). The third kappa shape index (κ3) is 12.3. The van der Waals surface area contributed by atoms with Crippen molar-refractivity contribution in [3.05, 3.63) is 159 Å². The Balaban J connectivity index is 0.000000238. The third-order valence-electron chi connectivity index (χ3n) is 13.3. The van der Waals surface area contributed by atoms with Gasteiger partial charge in [-0.15, -0.1) is 5.06 Å². The number of carbonyl (C=O) groups is 5. The van der Waals surface area contributed by atoms with E-state index in [1.165, 1.54) is 33.9 Å². The minimum Gasteiger partial charge on any atom is -1.00 e. The second-order valence-corrected chi connectivity index (χ2v) is 18.7. The van der Waals surface area contributed by atoms with Gasteiger partial charge in [-0.05, 0) is 80.1 Å². The number of azide groups is 1. The first kappa shape index (κ1) is 52.9. The minimum atomic E-state index is -0.799. The lowest BCUT2D eigenvalue weighted by molar-refractivity contribution is -0.401. The number of amides is 4. The molecule has 1 N–H and O–H groups in total. The summed E-state index contributed by atoms with van der Waals surface area (Å²) < 4.78 is 2.31. The van der Waals surface area contributed by atoms with E-state index in [2.05, 4.69) is 138 Å². The van der Waals surface area contributed by atoms with Crippen LogP contribution in [0, 0.1) is 11.8 Å². The highest BCUT2D eigenvalue weighted by Gasteiger charge is 2.43. The zero-order chi connectivity index (χ0) is 49.8. The Morgan fingerprint density at radius 3 is 2.17 bits per heavy atom. The summed E-state index contributed by atoms with van der Waals surface area (Å²) in [5.74, 6) is 4.15. The Hall–Kier alpha value is -7.46. The number of hydrogen-bond donors (Lipinski definition) is 1. The van der Waals surface area contributed by atoms with Crippen LogP contribution in [0.15, 0.2) is 126 Å². The molecule has 4 aliphatic rings. The maximum atomic E-state index is 13.0. The van der Waals surface area contributed by atoms with Crippen molar-refractivity contribution in [1.29, 1.82) is 0 Å². The lowest BCUT2D eigenvalue weighted by atomic mass is 9.81. The molecule has 15 heteroatoms. The number of nitrogens with one attached hydrogen (secondary N) is 1. The number of rotatable bonds is 16. The van der Waals surface area contributed by atoms with E-state index >= 15 is 0 Å². The number of hydrogen-bond acceptors (Lipinski definition) is 8. The van der Waals surface area contributed by atoms with Crippen LogP contribution in [0.4, 0.5) is 17.1 Å². The molecule has 0 radical (unpaired) electrons. The van der Waals surface area contributed by atoms with E-state index in [1.54, 1.807) is 4.90 Å². The average Bonchev–Trinajstić information content (AvgIpc) is 3.86. The molecule has 0 spiro atoms. The first-order valence-electron chi connectivity index (χ1n) is 24.0. The van der Waals surface area contributed by atoms with Crippen LogP contribution in [0.2, 0.25) is 0 Å². The molecule has 0 aliphatic carbocycles. The minimum absolute atomic E-state index is 0. The number of anilines is 2. The van der Waals surface area contributed by atoms with Crippen molar-refractivity contribution in [2.75, 3.05) is 36.5 Å². The van der Waals surface area contributed by atoms with E-state index in [9.17, 15) is 24.0 Å². The summed E-state index contributed by atoms with van der Waals surface area (Å²) in [7, 11) is 2.16. The van der Waals surface area contributed by atoms with Crippen LogP contribution < -0.4 is 27.5 Å². The van der Waals surface area contributed by atoms with Gasteiger partial charge in [-0.3, -0.25) is 19.2 Å². The van der Waals surface area contributed by atoms with Gasteiger partial charge in [0.1, 0.15) is 7.05 Å². The molecule has 0 unspecified atom stereocenters. The van der Waals surface area contributed by atoms with Crippen molar-refractivity contribution >= 4 is 52.4 Å². The lowest BCUT2D eigenvalue weighted by Gasteiger charge is -2.27. The van der Waals surface area contributed by atoms with Crippen LogP contribution >= 0.6 is 0 Å². The zero-order valence-corrected chi connectivity index (χ0v) is 41.9. The fourth-order valence-corrected chi connectivity index (χ4v) is 9.51. The number of imide groups is 1. The topological polar surface area (TPSA) is 168 Å². The van der Waals surface area contributed by atoms with E-state index in [4.69, 9.17) is 10.4 Å². The molecule has 4 aromatic rings. The number of benzene rings is 4. The third-order valence-corrected chi connectivity index (χ3v) is 13.3. The fourth-order valence-electron chi connectivity index (χ4n) is 9.51. The molecular weight excluding hydrogens is 916 g/mol. The summed E-state index contributed by atoms with van der Waals surface area (Å²) in [4.78, 5) is 72.0. The molecule has 4 heterocycles. The molecule has 4 aliphatic heterocycles. The number of fused-ring (bicyclic) bond motifs is 4. The Morgan fingerprint density at radius 1 is 0.789 bits per heavy atom. The van der Waals surface area contributed by atoms with Crippen molar-refractivity contribution in [2.45, 2.75) is 103 Å². The van der Waals surface area contributed by atoms with Gasteiger partial charge in [0.15, 0.2) is 5.71 Å². The Kier molecular flexibility index (Phi) is 17.8. The molecule has 0 aromatic heterocycles. The van der Waals surface area contributed by atoms with Crippen LogP contribution in [0.25, 0.3) is 10.4 Å². The summed E-state index contributed by atoms with van der Waals surface area (Å²) in [6.07, 6.45) is 10.5. The van der Waals surface area contributed by atoms with Gasteiger partial charge in [0, 0.05) is 95.9 Å². The van der Waals surface area contributed by atoms with Crippen LogP contribution in [0.3, 0.4) is 0 Å². The maximum absolute atomic E-state index is 13.0. The Morgan fingerprint density at radius 2 is 1.44 bits per heavy atom. The Labute approximate surface area is 422 Å². The highest BCUT2D eigenvalue weighted by atomic mass is 35.5. The first-order valence-corrected chi connectivity index (χ1v) is 24.0. The monoisotopic (exact) mass is 976 g/mol. The van der Waals surface area contributed by atoms with Crippen LogP contribution in [-0.4, -0.2) is 71.6 Å². The summed E-state index contributed by atoms with van der Waals surface area (Å²) in [5.41, 5.74) is 19.2. The van der Waals surface area contributed by atoms with Gasteiger partial charge in [0.05, 0.1) is 24.1 Å². The molecule has 0 saturated carbocycles. The van der Waals surface area contributed by atoms with Crippen molar-refractivity contribution in [3.63, 3.8) is 0 Å². The molecule has 0 atom stereocenters. The molecule has 1 saturated heterocycles. The predicted octanol–water partition coefficient (Wildman–Crippen LogP) is 6.63. The molecule has 0 bridgehead atoms. The second-order valence-electron chi connectivity index (χ2n) is 18.7. The van der Waals surface area contributed by atoms with Crippen LogP contribution in [-0.2, 0) is 46.2 Å². The molecular formula is C56H61ClN8O6. The summed E-state index contributed by atoms with van der Waals surface area (Å²) >= 11 is 0. The van der Waals surface area contributed by atoms with Crippen molar-refractivity contribution < 1.29 is 45.8 Å². The number of halogens is 1. The summed E-state index contributed by atoms with van der Waals surface area (Å²) in [6, 6.07) is 32.3. The molecule has 14 nitrogen and oxygen atoms in total. The predicted molar refractivity (Wildman–Crippen MR) is 271 cm³/mol. The number of para-hydroxylation sites is 3. The fraction of sp³-hybridized carbons (Fsp3) is 0.357. The number of nitrogens with zero attached hydrogens (tertiary/aromatic N) is 7. The molecule has 368 valence electrons.